The summed E-state index contributed by atoms with van der Waals surface area (Å²) < 4.78 is 0. The smallest absolute Gasteiger partial charge is 0.153 e. The fourth-order valence-corrected chi connectivity index (χ4v) is 4.72. The number of carbonyl (C=O) groups is 1. The summed E-state index contributed by atoms with van der Waals surface area (Å²) in [5.41, 5.74) is 22.9. The minimum Gasteiger partial charge on any atom is -0.508 e. The van der Waals surface area contributed by atoms with Crippen LogP contribution >= 0.6 is 74.5 Å². The molecule has 0 spiro atoms. The van der Waals surface area contributed by atoms with Crippen molar-refractivity contribution in [3.63, 3.8) is 0 Å². The molecule has 0 aliphatic rings. The molecule has 0 unspecified atom stereocenters. The number of aldehydes is 1. The predicted molar refractivity (Wildman–Crippen MR) is 373 cm³/mol. The molecule has 0 aliphatic carbocycles. The van der Waals surface area contributed by atoms with Crippen LogP contribution in [0.25, 0.3) is 0 Å². The van der Waals surface area contributed by atoms with E-state index in [4.69, 9.17) is 10.2 Å². The first-order valence-electron chi connectivity index (χ1n) is 25.9. The summed E-state index contributed by atoms with van der Waals surface area (Å²) in [7, 11) is 0. The van der Waals surface area contributed by atoms with Gasteiger partial charge in [0.2, 0.25) is 0 Å². The Morgan fingerprint density at radius 1 is 0.412 bits per heavy atom. The Balaban J connectivity index is -0.000000131. The van der Waals surface area contributed by atoms with Crippen molar-refractivity contribution in [2.45, 2.75) is 110 Å². The average Bonchev–Trinajstić information content (AvgIpc) is 3.49. The van der Waals surface area contributed by atoms with Gasteiger partial charge in [-0.2, -0.15) is 0 Å². The minimum absolute atomic E-state index is 0.0347. The zero-order valence-electron chi connectivity index (χ0n) is 49.1. The largest absolute Gasteiger partial charge is 0.508 e. The average molecular weight is 1790 g/mol. The number of benzene rings is 6. The minimum atomic E-state index is 0.0347. The molecule has 458 valence electrons. The fraction of sp³-hybridized carbons (Fsp3) is 0.339. The second-order valence-corrected chi connectivity index (χ2v) is 44.9. The normalized spacial score (nSPS) is 8.71. The van der Waals surface area contributed by atoms with Crippen LogP contribution in [0.2, 0.25) is 0 Å². The summed E-state index contributed by atoms with van der Waals surface area (Å²) in [6, 6.07) is 42.2. The molecule has 0 aliphatic heterocycles. The Morgan fingerprint density at radius 3 is 0.850 bits per heavy atom. The van der Waals surface area contributed by atoms with Crippen LogP contribution in [0.4, 0.5) is 0 Å². The van der Waals surface area contributed by atoms with E-state index >= 15 is 0 Å². The number of hydrogen-bond donors (Lipinski definition) is 12. The summed E-state index contributed by atoms with van der Waals surface area (Å²) in [5.74, 6) is 1.42. The second kappa shape index (κ2) is 80.5. The summed E-state index contributed by atoms with van der Waals surface area (Å²) in [6.07, 6.45) is 4.65. The molecule has 21 heteroatoms. The van der Waals surface area contributed by atoms with Gasteiger partial charge in [-0.1, -0.05) is 181 Å². The molecule has 0 amide bonds. The van der Waals surface area contributed by atoms with Gasteiger partial charge in [-0.05, 0) is 66.6 Å². The zero-order chi connectivity index (χ0) is 63.2. The van der Waals surface area contributed by atoms with Crippen LogP contribution in [0, 0.1) is 0 Å². The maximum atomic E-state index is 10.1. The third-order valence-corrected chi connectivity index (χ3v) is 7.80. The fourth-order valence-electron chi connectivity index (χ4n) is 4.72. The van der Waals surface area contributed by atoms with Crippen LogP contribution in [-0.4, -0.2) is 76.0 Å². The second-order valence-electron chi connectivity index (χ2n) is 12.4. The maximum absolute atomic E-state index is 10.1. The van der Waals surface area contributed by atoms with E-state index in [0.717, 1.165) is 23.1 Å². The Morgan fingerprint density at radius 2 is 0.637 bits per heavy atom. The van der Waals surface area contributed by atoms with Crippen molar-refractivity contribution in [3.05, 3.63) is 179 Å². The van der Waals surface area contributed by atoms with Gasteiger partial charge in [0.25, 0.3) is 0 Å². The van der Waals surface area contributed by atoms with Crippen LogP contribution in [0.15, 0.2) is 156 Å². The van der Waals surface area contributed by atoms with Gasteiger partial charge in [-0.3, -0.25) is 14.8 Å². The monoisotopic (exact) mass is 1790 g/mol. The van der Waals surface area contributed by atoms with Crippen LogP contribution in [0.1, 0.15) is 128 Å². The van der Waals surface area contributed by atoms with Crippen molar-refractivity contribution >= 4 is 93.2 Å². The van der Waals surface area contributed by atoms with E-state index in [1.54, 1.807) is 97.4 Å². The molecular formula is C59H96I6N8O7-2. The molecule has 6 aromatic carbocycles. The molecule has 0 saturated heterocycles. The van der Waals surface area contributed by atoms with Gasteiger partial charge in [-0.15, -0.1) is 0 Å². The summed E-state index contributed by atoms with van der Waals surface area (Å²) >= 11 is 10.6. The van der Waals surface area contributed by atoms with Gasteiger partial charge >= 0.3 is 101 Å². The van der Waals surface area contributed by atoms with Gasteiger partial charge in [-0.25, -0.2) is 0 Å². The number of nitrogens with one attached hydrogen (secondary N) is 2. The third kappa shape index (κ3) is 59.9. The molecule has 0 saturated carbocycles. The van der Waals surface area contributed by atoms with Crippen LogP contribution in [-0.2, 0) is 19.5 Å². The summed E-state index contributed by atoms with van der Waals surface area (Å²) in [5, 5.41) is 62.6. The number of hydrogen-bond acceptors (Lipinski definition) is 15. The number of nitrogens with two attached hydrogens (primary N) is 4. The van der Waals surface area contributed by atoms with Crippen molar-refractivity contribution in [3.8, 4) is 34.5 Å². The molecule has 0 aromatic heterocycles. The van der Waals surface area contributed by atoms with E-state index in [2.05, 4.69) is 118 Å². The van der Waals surface area contributed by atoms with E-state index in [-0.39, 0.29) is 37.3 Å². The van der Waals surface area contributed by atoms with Gasteiger partial charge in [0.05, 0.1) is 5.56 Å². The first-order valence-corrected chi connectivity index (χ1v) is 51.1. The molecule has 16 N–H and O–H groups in total. The molecule has 15 nitrogen and oxygen atoms in total. The number of phenols is 6. The Labute approximate surface area is 541 Å². The number of rotatable bonds is 12. The van der Waals surface area contributed by atoms with E-state index in [1.807, 2.05) is 145 Å². The SMILES string of the molecule is CC.CC.CC.CC.CC.CC.CCc1ccccc1O.I[I-]I.I[I-]I.NCN.NCN.O=Cc1ccccc1O.Oc1ccccc1C=NCN=Cc1ccccc1O.Oc1ccccc1CNCNCc1ccccc1O. The van der Waals surface area contributed by atoms with Crippen molar-refractivity contribution in [1.29, 1.82) is 0 Å². The Kier molecular flexibility index (Phi) is 94.3. The molecule has 6 aromatic rings. The quantitative estimate of drug-likeness (QED) is 0.0179. The molecule has 0 heterocycles. The molecule has 0 bridgehead atoms. The van der Waals surface area contributed by atoms with Crippen molar-refractivity contribution < 1.29 is 61.9 Å². The summed E-state index contributed by atoms with van der Waals surface area (Å²) in [6.45, 7) is 28.6. The van der Waals surface area contributed by atoms with Crippen LogP contribution in [0.5, 0.6) is 34.5 Å². The van der Waals surface area contributed by atoms with Crippen molar-refractivity contribution in [2.75, 3.05) is 26.7 Å². The van der Waals surface area contributed by atoms with E-state index < -0.39 is 0 Å². The summed E-state index contributed by atoms with van der Waals surface area (Å²) in [4.78, 5) is 18.2. The molecule has 80 heavy (non-hydrogen) atoms. The molecule has 0 atom stereocenters. The van der Waals surface area contributed by atoms with Gasteiger partial charge in [0, 0.05) is 67.8 Å². The van der Waals surface area contributed by atoms with Gasteiger partial charge < -0.3 is 64.2 Å². The first kappa shape index (κ1) is 93.7. The van der Waals surface area contributed by atoms with Crippen LogP contribution < -0.4 is 60.1 Å². The number of para-hydroxylation sites is 6. The van der Waals surface area contributed by atoms with E-state index in [9.17, 15) is 25.2 Å². The van der Waals surface area contributed by atoms with Crippen molar-refractivity contribution in [1.82, 2.24) is 10.6 Å². The molecule has 0 radical (unpaired) electrons. The molecular weight excluding hydrogens is 1690 g/mol. The predicted octanol–water partition coefficient (Wildman–Crippen LogP) is 9.12. The third-order valence-electron chi connectivity index (χ3n) is 7.80. The van der Waals surface area contributed by atoms with E-state index in [0.29, 0.717) is 86.5 Å². The standard InChI is InChI=1S/C15H18N2O2.C15H14N2O2.C8H10O.C7H6O2.6C2H6.2CH6N2.2I3/c2*18-14-7-3-1-5-12(14)9-16-11-17-10-13-6-2-4-8-15(13)19;1-2-7-5-3-4-6-8(7)9;8-5-6-3-1-2-4-7(6)9;6*1-2;2*2-1-3;2*1-3-2/h1-8,16-19H,9-11H2;1-10,18-19H,11H2;3-6,9H,2H2,1H3;1-5,9H;6*1-2H3;2*1-3H2;;/q;;;;;;;;;;;;2*-1. The number of carbonyl (C=O) groups excluding carboxylic acids is 1. The molecule has 0 fully saturated rings. The first-order chi connectivity index (χ1) is 38.9. The maximum Gasteiger partial charge on any atom is 0.153 e. The van der Waals surface area contributed by atoms with Gasteiger partial charge in [0.15, 0.2) is 6.29 Å². The number of aromatic hydroxyl groups is 6. The number of halogens is 6. The number of aryl methyl sites for hydroxylation is 1. The Hall–Kier alpha value is -2.73. The topological polar surface area (TPSA) is 291 Å². The molecule has 6 rings (SSSR count). The van der Waals surface area contributed by atoms with Crippen LogP contribution in [0.3, 0.4) is 0 Å². The zero-order valence-corrected chi connectivity index (χ0v) is 62.0. The number of phenolic OH excluding ortho intramolecular Hbond substituents is 6. The Bertz CT molecular complexity index is 2130. The number of aliphatic imine (C=N–C) groups is 2. The number of nitrogens with zero attached hydrogens (tertiary/aromatic N) is 2. The van der Waals surface area contributed by atoms with Gasteiger partial charge in [0.1, 0.15) is 41.2 Å². The van der Waals surface area contributed by atoms with Crippen molar-refractivity contribution in [2.24, 2.45) is 32.9 Å². The van der Waals surface area contributed by atoms with E-state index in [1.165, 1.54) is 6.07 Å².